The highest BCUT2D eigenvalue weighted by atomic mass is 32.3. The van der Waals surface area contributed by atoms with Gasteiger partial charge >= 0.3 is 16.4 Å². The molecule has 0 aliphatic carbocycles. The third-order valence-electron chi connectivity index (χ3n) is 5.57. The Morgan fingerprint density at radius 3 is 1.67 bits per heavy atom. The molecule has 1 aromatic rings. The van der Waals surface area contributed by atoms with E-state index in [9.17, 15) is 13.2 Å². The molecular formula is C25H44O6S2. The van der Waals surface area contributed by atoms with Gasteiger partial charge < -0.3 is 4.74 Å². The molecule has 0 saturated heterocycles. The van der Waals surface area contributed by atoms with Crippen LogP contribution in [0.15, 0.2) is 29.2 Å². The highest BCUT2D eigenvalue weighted by molar-refractivity contribution is 8.31. The number of esters is 1. The van der Waals surface area contributed by atoms with Gasteiger partial charge in [-0.25, -0.2) is 0 Å². The quantitative estimate of drug-likeness (QED) is 0.112. The number of hydrogen-bond acceptors (Lipinski definition) is 6. The Hall–Kier alpha value is -1.09. The van der Waals surface area contributed by atoms with Crippen LogP contribution in [0.4, 0.5) is 0 Å². The van der Waals surface area contributed by atoms with Crippen LogP contribution in [0.2, 0.25) is 0 Å². The van der Waals surface area contributed by atoms with Gasteiger partial charge in [-0.1, -0.05) is 94.3 Å². The second-order valence-electron chi connectivity index (χ2n) is 8.81. The minimum Gasteiger partial charge on any atom is -0.427 e. The summed E-state index contributed by atoms with van der Waals surface area (Å²) in [6.45, 7) is 2.25. The lowest BCUT2D eigenvalue weighted by Crippen LogP contribution is -2.12. The molecule has 1 aromatic carbocycles. The molecule has 0 aliphatic rings. The van der Waals surface area contributed by atoms with Crippen molar-refractivity contribution in [2.24, 2.45) is 0 Å². The molecule has 0 heterocycles. The Morgan fingerprint density at radius 1 is 0.758 bits per heavy atom. The van der Waals surface area contributed by atoms with Gasteiger partial charge in [0.2, 0.25) is 0 Å². The summed E-state index contributed by atoms with van der Waals surface area (Å²) in [6.07, 6.45) is 20.3. The Balaban J connectivity index is 2.16. The highest BCUT2D eigenvalue weighted by Crippen LogP contribution is 2.51. The minimum absolute atomic E-state index is 0.240. The Kier molecular flexibility index (Phi) is 15.0. The molecule has 8 heteroatoms. The molecule has 0 N–H and O–H groups in total. The normalized spacial score (nSPS) is 12.6. The maximum Gasteiger partial charge on any atom is 0.409 e. The van der Waals surface area contributed by atoms with Gasteiger partial charge in [0.1, 0.15) is 5.75 Å². The summed E-state index contributed by atoms with van der Waals surface area (Å²) in [7, 11) is -5.03. The van der Waals surface area contributed by atoms with Crippen LogP contribution in [0, 0.1) is 0 Å². The second kappa shape index (κ2) is 16.5. The average Bonchev–Trinajstić information content (AvgIpc) is 2.76. The van der Waals surface area contributed by atoms with Crippen LogP contribution in [0.5, 0.6) is 5.75 Å². The first-order valence-electron chi connectivity index (χ1n) is 12.3. The number of rotatable bonds is 19. The number of hydrogen-bond donors (Lipinski definition) is 0. The second-order valence-corrected chi connectivity index (χ2v) is 13.4. The van der Waals surface area contributed by atoms with E-state index in [1.165, 1.54) is 70.6 Å². The van der Waals surface area contributed by atoms with Gasteiger partial charge in [-0.05, 0) is 43.2 Å². The predicted octanol–water partition coefficient (Wildman–Crippen LogP) is 7.32. The third kappa shape index (κ3) is 14.0. The van der Waals surface area contributed by atoms with E-state index in [1.54, 1.807) is 36.8 Å². The van der Waals surface area contributed by atoms with Crippen molar-refractivity contribution in [2.75, 3.05) is 19.6 Å². The maximum atomic E-state index is 12.1. The number of ether oxygens (including phenoxy) is 1. The summed E-state index contributed by atoms with van der Waals surface area (Å²) >= 11 is 0. The van der Waals surface area contributed by atoms with E-state index in [0.29, 0.717) is 17.1 Å². The lowest BCUT2D eigenvalue weighted by Gasteiger charge is -2.29. The van der Waals surface area contributed by atoms with Crippen molar-refractivity contribution in [1.29, 1.82) is 0 Å². The zero-order valence-corrected chi connectivity index (χ0v) is 22.6. The van der Waals surface area contributed by atoms with Crippen LogP contribution < -0.4 is 4.74 Å². The van der Waals surface area contributed by atoms with Gasteiger partial charge in [-0.2, -0.15) is 12.0 Å². The number of carbonyl (C=O) groups is 1. The molecule has 0 radical (unpaired) electrons. The SMILES string of the molecule is CCCCCCCCCCCCCCCC(=O)Oc1ccc(S(C)(C)OS(=O)(=O)OC)cc1. The van der Waals surface area contributed by atoms with Gasteiger partial charge in [-0.15, -0.1) is 0 Å². The summed E-state index contributed by atoms with van der Waals surface area (Å²) in [5.41, 5.74) is 0. The topological polar surface area (TPSA) is 78.9 Å². The molecule has 0 fully saturated rings. The molecule has 192 valence electrons. The molecule has 0 saturated carbocycles. The number of unbranched alkanes of at least 4 members (excludes halogenated alkanes) is 12. The Bertz CT molecular complexity index is 760. The van der Waals surface area contributed by atoms with Gasteiger partial charge in [0.25, 0.3) is 0 Å². The summed E-state index contributed by atoms with van der Waals surface area (Å²) in [5.74, 6) is 0.207. The van der Waals surface area contributed by atoms with Crippen molar-refractivity contribution < 1.29 is 25.8 Å². The van der Waals surface area contributed by atoms with E-state index in [1.807, 2.05) is 0 Å². The molecule has 0 unspecified atom stereocenters. The summed E-state index contributed by atoms with van der Waals surface area (Å²) in [6, 6.07) is 6.76. The highest BCUT2D eigenvalue weighted by Gasteiger charge is 2.24. The molecule has 0 aliphatic heterocycles. The minimum atomic E-state index is -4.03. The number of benzene rings is 1. The fraction of sp³-hybridized carbons (Fsp3) is 0.720. The van der Waals surface area contributed by atoms with Crippen molar-refractivity contribution in [2.45, 2.75) is 102 Å². The molecule has 1 rings (SSSR count). The van der Waals surface area contributed by atoms with Crippen molar-refractivity contribution in [3.05, 3.63) is 24.3 Å². The zero-order valence-electron chi connectivity index (χ0n) is 21.0. The smallest absolute Gasteiger partial charge is 0.409 e. The van der Waals surface area contributed by atoms with Crippen LogP contribution in [0.3, 0.4) is 0 Å². The standard InChI is InChI=1S/C25H44O6S2/c1-5-6-7-8-9-10-11-12-13-14-15-16-17-18-25(26)30-23-19-21-24(22-20-23)32(3,4)31-33(27,28)29-2/h19-22H,5-18H2,1-4H3. The lowest BCUT2D eigenvalue weighted by atomic mass is 10.0. The summed E-state index contributed by atoms with van der Waals surface area (Å²) in [4.78, 5) is 12.8. The van der Waals surface area contributed by atoms with Crippen molar-refractivity contribution >= 4 is 26.7 Å². The monoisotopic (exact) mass is 504 g/mol. The first-order chi connectivity index (χ1) is 15.7. The zero-order chi connectivity index (χ0) is 24.6. The summed E-state index contributed by atoms with van der Waals surface area (Å²) in [5, 5.41) is 0. The van der Waals surface area contributed by atoms with E-state index in [0.717, 1.165) is 20.0 Å². The predicted molar refractivity (Wildman–Crippen MR) is 137 cm³/mol. The first-order valence-corrected chi connectivity index (χ1v) is 16.0. The summed E-state index contributed by atoms with van der Waals surface area (Å²) < 4.78 is 38.1. The van der Waals surface area contributed by atoms with Crippen molar-refractivity contribution in [3.8, 4) is 5.75 Å². The fourth-order valence-electron chi connectivity index (χ4n) is 3.58. The van der Waals surface area contributed by atoms with Crippen LogP contribution >= 0.6 is 10.3 Å². The molecular weight excluding hydrogens is 460 g/mol. The fourth-order valence-corrected chi connectivity index (χ4v) is 6.58. The van der Waals surface area contributed by atoms with E-state index >= 15 is 0 Å². The molecule has 0 aromatic heterocycles. The molecule has 0 atom stereocenters. The van der Waals surface area contributed by atoms with Gasteiger partial charge in [-0.3, -0.25) is 8.98 Å². The number of carbonyl (C=O) groups excluding carboxylic acids is 1. The van der Waals surface area contributed by atoms with E-state index in [-0.39, 0.29) is 5.97 Å². The van der Waals surface area contributed by atoms with Crippen molar-refractivity contribution in [3.63, 3.8) is 0 Å². The van der Waals surface area contributed by atoms with E-state index in [2.05, 4.69) is 11.1 Å². The van der Waals surface area contributed by atoms with Crippen LogP contribution in [-0.4, -0.2) is 34.0 Å². The third-order valence-corrected chi connectivity index (χ3v) is 9.41. The molecule has 0 amide bonds. The van der Waals surface area contributed by atoms with E-state index in [4.69, 9.17) is 8.37 Å². The molecule has 0 bridgehead atoms. The maximum absolute atomic E-state index is 12.1. The molecule has 0 spiro atoms. The largest absolute Gasteiger partial charge is 0.427 e. The Labute approximate surface area is 203 Å². The van der Waals surface area contributed by atoms with Crippen LogP contribution in [-0.2, 0) is 23.0 Å². The van der Waals surface area contributed by atoms with Crippen LogP contribution in [0.25, 0.3) is 0 Å². The van der Waals surface area contributed by atoms with E-state index < -0.39 is 20.7 Å². The average molecular weight is 505 g/mol. The van der Waals surface area contributed by atoms with Gasteiger partial charge in [0, 0.05) is 11.3 Å². The van der Waals surface area contributed by atoms with Gasteiger partial charge in [0.05, 0.1) is 7.11 Å². The van der Waals surface area contributed by atoms with Crippen LogP contribution in [0.1, 0.15) is 96.8 Å². The Morgan fingerprint density at radius 2 is 1.21 bits per heavy atom. The lowest BCUT2D eigenvalue weighted by molar-refractivity contribution is -0.134. The molecule has 33 heavy (non-hydrogen) atoms. The molecule has 6 nitrogen and oxygen atoms in total. The first kappa shape index (κ1) is 29.9. The van der Waals surface area contributed by atoms with Crippen molar-refractivity contribution in [1.82, 2.24) is 0 Å². The van der Waals surface area contributed by atoms with Gasteiger partial charge in [0.15, 0.2) is 0 Å².